The second-order valence-corrected chi connectivity index (χ2v) is 5.70. The van der Waals surface area contributed by atoms with E-state index in [0.717, 1.165) is 38.9 Å². The van der Waals surface area contributed by atoms with E-state index < -0.39 is 5.97 Å². The van der Waals surface area contributed by atoms with Crippen LogP contribution in [-0.4, -0.2) is 48.3 Å². The Balaban J connectivity index is 1.78. The van der Waals surface area contributed by atoms with Crippen molar-refractivity contribution in [2.45, 2.75) is 37.3 Å². The molecule has 2 aliphatic heterocycles. The van der Waals surface area contributed by atoms with Gasteiger partial charge in [0.25, 0.3) is 0 Å². The third-order valence-electron chi connectivity index (χ3n) is 4.38. The van der Waals surface area contributed by atoms with E-state index in [-0.39, 0.29) is 17.3 Å². The number of aromatic nitrogens is 2. The Labute approximate surface area is 123 Å². The number of hydrogen-bond donors (Lipinski definition) is 1. The average Bonchev–Trinajstić information content (AvgIpc) is 2.89. The highest BCUT2D eigenvalue weighted by molar-refractivity contribution is 5.92. The Kier molecular flexibility index (Phi) is 3.86. The third kappa shape index (κ3) is 2.75. The molecule has 3 heterocycles. The highest BCUT2D eigenvalue weighted by Gasteiger charge is 2.40. The lowest BCUT2D eigenvalue weighted by molar-refractivity contribution is -0.145. The molecule has 0 bridgehead atoms. The predicted molar refractivity (Wildman–Crippen MR) is 75.0 cm³/mol. The van der Waals surface area contributed by atoms with Crippen LogP contribution in [0.25, 0.3) is 0 Å². The van der Waals surface area contributed by atoms with Crippen LogP contribution in [0.3, 0.4) is 0 Å². The van der Waals surface area contributed by atoms with E-state index >= 15 is 0 Å². The normalized spacial score (nSPS) is 24.9. The van der Waals surface area contributed by atoms with Crippen molar-refractivity contribution in [1.82, 2.24) is 9.78 Å². The van der Waals surface area contributed by atoms with E-state index in [4.69, 9.17) is 19.9 Å². The molecule has 1 spiro atoms. The number of hydrogen-bond acceptors (Lipinski definition) is 6. The summed E-state index contributed by atoms with van der Waals surface area (Å²) in [7, 11) is 1.33. The number of rotatable bonds is 2. The van der Waals surface area contributed by atoms with Crippen molar-refractivity contribution < 1.29 is 19.0 Å². The van der Waals surface area contributed by atoms with Crippen LogP contribution >= 0.6 is 0 Å². The summed E-state index contributed by atoms with van der Waals surface area (Å²) in [5.74, 6) is -0.501. The molecule has 1 atom stereocenters. The Hall–Kier alpha value is -1.60. The van der Waals surface area contributed by atoms with Gasteiger partial charge in [0, 0.05) is 26.0 Å². The number of nitrogens with two attached hydrogens (primary N) is 1. The van der Waals surface area contributed by atoms with Gasteiger partial charge in [-0.25, -0.2) is 4.79 Å². The molecule has 7 heteroatoms. The first-order valence-corrected chi connectivity index (χ1v) is 7.28. The van der Waals surface area contributed by atoms with Crippen molar-refractivity contribution in [3.8, 4) is 0 Å². The predicted octanol–water partition coefficient (Wildman–Crippen LogP) is 1.15. The standard InChI is InChI=1S/C14H21N3O4/c1-19-13(18)12-11(15)9-17(16-12)10-2-5-21-14(8-10)3-6-20-7-4-14/h9-10H,2-8,15H2,1H3. The summed E-state index contributed by atoms with van der Waals surface area (Å²) in [5, 5.41) is 4.31. The quantitative estimate of drug-likeness (QED) is 0.823. The topological polar surface area (TPSA) is 88.6 Å². The minimum Gasteiger partial charge on any atom is -0.464 e. The van der Waals surface area contributed by atoms with Gasteiger partial charge in [0.2, 0.25) is 0 Å². The molecule has 116 valence electrons. The van der Waals surface area contributed by atoms with Crippen LogP contribution in [0.5, 0.6) is 0 Å². The molecule has 1 unspecified atom stereocenters. The first-order valence-electron chi connectivity index (χ1n) is 7.28. The molecule has 0 amide bonds. The van der Waals surface area contributed by atoms with Crippen molar-refractivity contribution in [3.63, 3.8) is 0 Å². The third-order valence-corrected chi connectivity index (χ3v) is 4.38. The van der Waals surface area contributed by atoms with Gasteiger partial charge in [0.15, 0.2) is 5.69 Å². The molecule has 7 nitrogen and oxygen atoms in total. The Morgan fingerprint density at radius 3 is 2.95 bits per heavy atom. The molecule has 2 fully saturated rings. The highest BCUT2D eigenvalue weighted by Crippen LogP contribution is 2.39. The van der Waals surface area contributed by atoms with Gasteiger partial charge in [0.05, 0.1) is 24.4 Å². The largest absolute Gasteiger partial charge is 0.464 e. The summed E-state index contributed by atoms with van der Waals surface area (Å²) in [6.45, 7) is 2.17. The van der Waals surface area contributed by atoms with Crippen molar-refractivity contribution >= 4 is 11.7 Å². The van der Waals surface area contributed by atoms with Gasteiger partial charge in [-0.15, -0.1) is 0 Å². The molecule has 1 aromatic heterocycles. The fourth-order valence-electron chi connectivity index (χ4n) is 3.17. The molecule has 0 radical (unpaired) electrons. The van der Waals surface area contributed by atoms with Gasteiger partial charge in [0.1, 0.15) is 0 Å². The number of carbonyl (C=O) groups excluding carboxylic acids is 1. The second-order valence-electron chi connectivity index (χ2n) is 5.70. The van der Waals surface area contributed by atoms with Crippen LogP contribution in [0.2, 0.25) is 0 Å². The SMILES string of the molecule is COC(=O)c1nn(C2CCOC3(CCOCC3)C2)cc1N. The van der Waals surface area contributed by atoms with Crippen LogP contribution in [0, 0.1) is 0 Å². The van der Waals surface area contributed by atoms with E-state index in [1.807, 2.05) is 0 Å². The number of carbonyl (C=O) groups is 1. The van der Waals surface area contributed by atoms with Crippen molar-refractivity contribution in [3.05, 3.63) is 11.9 Å². The van der Waals surface area contributed by atoms with Crippen molar-refractivity contribution in [1.29, 1.82) is 0 Å². The molecule has 2 N–H and O–H groups in total. The fraction of sp³-hybridized carbons (Fsp3) is 0.714. The Morgan fingerprint density at radius 2 is 2.24 bits per heavy atom. The van der Waals surface area contributed by atoms with Crippen LogP contribution in [0.1, 0.15) is 42.2 Å². The number of anilines is 1. The zero-order valence-corrected chi connectivity index (χ0v) is 12.2. The molecule has 2 aliphatic rings. The molecule has 2 saturated heterocycles. The zero-order chi connectivity index (χ0) is 14.9. The van der Waals surface area contributed by atoms with E-state index in [2.05, 4.69) is 5.10 Å². The lowest BCUT2D eigenvalue weighted by atomic mass is 9.84. The summed E-state index contributed by atoms with van der Waals surface area (Å²) in [6, 6.07) is 0.192. The Morgan fingerprint density at radius 1 is 1.48 bits per heavy atom. The smallest absolute Gasteiger partial charge is 0.360 e. The molecule has 1 aromatic rings. The maximum atomic E-state index is 11.6. The average molecular weight is 295 g/mol. The summed E-state index contributed by atoms with van der Waals surface area (Å²) in [5.41, 5.74) is 6.28. The van der Waals surface area contributed by atoms with Gasteiger partial charge in [-0.1, -0.05) is 0 Å². The molecule has 3 rings (SSSR count). The van der Waals surface area contributed by atoms with Gasteiger partial charge in [-0.2, -0.15) is 5.10 Å². The van der Waals surface area contributed by atoms with E-state index in [1.54, 1.807) is 10.9 Å². The van der Waals surface area contributed by atoms with E-state index in [0.29, 0.717) is 12.3 Å². The number of esters is 1. The van der Waals surface area contributed by atoms with E-state index in [1.165, 1.54) is 7.11 Å². The van der Waals surface area contributed by atoms with Crippen molar-refractivity contribution in [2.24, 2.45) is 0 Å². The molecule has 21 heavy (non-hydrogen) atoms. The van der Waals surface area contributed by atoms with Crippen LogP contribution in [0.15, 0.2) is 6.20 Å². The number of nitrogens with zero attached hydrogens (tertiary/aromatic N) is 2. The fourth-order valence-corrected chi connectivity index (χ4v) is 3.17. The highest BCUT2D eigenvalue weighted by atomic mass is 16.5. The summed E-state index contributed by atoms with van der Waals surface area (Å²) < 4.78 is 17.9. The number of methoxy groups -OCH3 is 1. The van der Waals surface area contributed by atoms with Gasteiger partial charge < -0.3 is 19.9 Å². The second kappa shape index (κ2) is 5.65. The minimum atomic E-state index is -0.501. The zero-order valence-electron chi connectivity index (χ0n) is 12.2. The van der Waals surface area contributed by atoms with Crippen LogP contribution < -0.4 is 5.73 Å². The lowest BCUT2D eigenvalue weighted by Crippen LogP contribution is -2.44. The monoisotopic (exact) mass is 295 g/mol. The van der Waals surface area contributed by atoms with Crippen LogP contribution in [-0.2, 0) is 14.2 Å². The maximum absolute atomic E-state index is 11.6. The molecule has 0 saturated carbocycles. The maximum Gasteiger partial charge on any atom is 0.360 e. The first kappa shape index (κ1) is 14.3. The van der Waals surface area contributed by atoms with Crippen molar-refractivity contribution in [2.75, 3.05) is 32.7 Å². The molecule has 0 aliphatic carbocycles. The molecular formula is C14H21N3O4. The first-order chi connectivity index (χ1) is 10.1. The molecular weight excluding hydrogens is 274 g/mol. The van der Waals surface area contributed by atoms with Gasteiger partial charge in [-0.3, -0.25) is 4.68 Å². The number of nitrogen functional groups attached to an aromatic ring is 1. The van der Waals surface area contributed by atoms with Gasteiger partial charge in [-0.05, 0) is 25.7 Å². The minimum absolute atomic E-state index is 0.118. The van der Waals surface area contributed by atoms with Gasteiger partial charge >= 0.3 is 5.97 Å². The lowest BCUT2D eigenvalue weighted by Gasteiger charge is -2.43. The molecule has 0 aromatic carbocycles. The Bertz CT molecular complexity index is 517. The number of ether oxygens (including phenoxy) is 3. The summed E-state index contributed by atoms with van der Waals surface area (Å²) >= 11 is 0. The summed E-state index contributed by atoms with van der Waals surface area (Å²) in [6.07, 6.45) is 5.27. The van der Waals surface area contributed by atoms with Crippen LogP contribution in [0.4, 0.5) is 5.69 Å². The van der Waals surface area contributed by atoms with E-state index in [9.17, 15) is 4.79 Å². The summed E-state index contributed by atoms with van der Waals surface area (Å²) in [4.78, 5) is 11.6.